The second-order valence-electron chi connectivity index (χ2n) is 7.32. The molecule has 1 saturated heterocycles. The Hall–Kier alpha value is -2.31. The summed E-state index contributed by atoms with van der Waals surface area (Å²) < 4.78 is 0. The lowest BCUT2D eigenvalue weighted by Crippen LogP contribution is -2.51. The Kier molecular flexibility index (Phi) is 6.30. The molecule has 1 aliphatic carbocycles. The number of nitrogens with one attached hydrogen (secondary N) is 3. The summed E-state index contributed by atoms with van der Waals surface area (Å²) in [6.45, 7) is 3.37. The van der Waals surface area contributed by atoms with E-state index in [0.717, 1.165) is 57.4 Å². The first-order valence-corrected chi connectivity index (χ1v) is 9.60. The molecule has 1 aromatic rings. The van der Waals surface area contributed by atoms with Gasteiger partial charge in [-0.3, -0.25) is 4.79 Å². The molecule has 0 aromatic carbocycles. The van der Waals surface area contributed by atoms with Crippen molar-refractivity contribution in [1.82, 2.24) is 20.9 Å². The van der Waals surface area contributed by atoms with Crippen LogP contribution in [0.4, 0.5) is 10.6 Å². The van der Waals surface area contributed by atoms with Gasteiger partial charge in [-0.1, -0.05) is 6.07 Å². The molecule has 7 nitrogen and oxygen atoms in total. The zero-order valence-electron chi connectivity index (χ0n) is 15.4. The minimum atomic E-state index is -0.0655. The summed E-state index contributed by atoms with van der Waals surface area (Å²) in [7, 11) is 0. The van der Waals surface area contributed by atoms with Crippen molar-refractivity contribution in [3.8, 4) is 0 Å². The van der Waals surface area contributed by atoms with Crippen molar-refractivity contribution >= 4 is 17.8 Å². The summed E-state index contributed by atoms with van der Waals surface area (Å²) in [6.07, 6.45) is 7.35. The first-order valence-electron chi connectivity index (χ1n) is 9.60. The Morgan fingerprint density at radius 2 is 1.50 bits per heavy atom. The lowest BCUT2D eigenvalue weighted by atomic mass is 9.91. The highest BCUT2D eigenvalue weighted by Crippen LogP contribution is 2.19. The first kappa shape index (κ1) is 18.5. The molecule has 0 radical (unpaired) electrons. The van der Waals surface area contributed by atoms with Crippen molar-refractivity contribution in [2.75, 3.05) is 18.0 Å². The normalized spacial score (nSPS) is 24.0. The van der Waals surface area contributed by atoms with Gasteiger partial charge in [-0.25, -0.2) is 9.78 Å². The molecular formula is C19H29N5O2. The predicted molar refractivity (Wildman–Crippen MR) is 101 cm³/mol. The smallest absolute Gasteiger partial charge is 0.315 e. The summed E-state index contributed by atoms with van der Waals surface area (Å²) >= 11 is 0. The average molecular weight is 359 g/mol. The average Bonchev–Trinajstić information content (AvgIpc) is 2.64. The van der Waals surface area contributed by atoms with Gasteiger partial charge < -0.3 is 20.9 Å². The Labute approximate surface area is 154 Å². The molecule has 2 aliphatic rings. The van der Waals surface area contributed by atoms with Crippen LogP contribution in [0.25, 0.3) is 0 Å². The lowest BCUT2D eigenvalue weighted by molar-refractivity contribution is -0.119. The van der Waals surface area contributed by atoms with E-state index in [0.29, 0.717) is 0 Å². The van der Waals surface area contributed by atoms with Gasteiger partial charge >= 0.3 is 6.03 Å². The van der Waals surface area contributed by atoms with Crippen molar-refractivity contribution in [3.63, 3.8) is 0 Å². The van der Waals surface area contributed by atoms with E-state index in [1.807, 2.05) is 24.4 Å². The highest BCUT2D eigenvalue weighted by molar-refractivity contribution is 5.74. The Morgan fingerprint density at radius 3 is 2.04 bits per heavy atom. The maximum atomic E-state index is 12.3. The first-order chi connectivity index (χ1) is 12.6. The number of pyridine rings is 1. The summed E-state index contributed by atoms with van der Waals surface area (Å²) in [6, 6.07) is 6.55. The van der Waals surface area contributed by atoms with Crippen LogP contribution in [0.2, 0.25) is 0 Å². The highest BCUT2D eigenvalue weighted by Gasteiger charge is 2.25. The molecule has 3 rings (SSSR count). The number of urea groups is 1. The topological polar surface area (TPSA) is 86.4 Å². The molecule has 0 bridgehead atoms. The van der Waals surface area contributed by atoms with E-state index in [1.165, 1.54) is 0 Å². The Balaban J connectivity index is 1.35. The van der Waals surface area contributed by atoms with Crippen LogP contribution in [0.5, 0.6) is 0 Å². The summed E-state index contributed by atoms with van der Waals surface area (Å²) in [5.74, 6) is 1.03. The minimum absolute atomic E-state index is 0.0243. The molecule has 3 amide bonds. The van der Waals surface area contributed by atoms with Crippen molar-refractivity contribution in [3.05, 3.63) is 24.4 Å². The van der Waals surface area contributed by atoms with E-state index in [9.17, 15) is 9.59 Å². The van der Waals surface area contributed by atoms with Crippen LogP contribution < -0.4 is 20.9 Å². The van der Waals surface area contributed by atoms with Gasteiger partial charge in [-0.15, -0.1) is 0 Å². The van der Waals surface area contributed by atoms with Gasteiger partial charge in [-0.2, -0.15) is 0 Å². The van der Waals surface area contributed by atoms with Gasteiger partial charge in [0.2, 0.25) is 5.91 Å². The fourth-order valence-corrected chi connectivity index (χ4v) is 3.88. The molecule has 0 unspecified atom stereocenters. The number of amides is 3. The van der Waals surface area contributed by atoms with Gasteiger partial charge in [0.05, 0.1) is 0 Å². The molecule has 0 spiro atoms. The third kappa shape index (κ3) is 5.34. The van der Waals surface area contributed by atoms with Crippen molar-refractivity contribution in [1.29, 1.82) is 0 Å². The largest absolute Gasteiger partial charge is 0.356 e. The second-order valence-corrected chi connectivity index (χ2v) is 7.32. The number of hydrogen-bond donors (Lipinski definition) is 3. The molecule has 2 fully saturated rings. The van der Waals surface area contributed by atoms with Crippen LogP contribution in [0.15, 0.2) is 24.4 Å². The molecule has 0 atom stereocenters. The number of rotatable bonds is 4. The number of anilines is 1. The monoisotopic (exact) mass is 359 g/mol. The van der Waals surface area contributed by atoms with Crippen molar-refractivity contribution < 1.29 is 9.59 Å². The lowest BCUT2D eigenvalue weighted by Gasteiger charge is -2.34. The zero-order valence-corrected chi connectivity index (χ0v) is 15.4. The van der Waals surface area contributed by atoms with Crippen LogP contribution in [-0.2, 0) is 4.79 Å². The van der Waals surface area contributed by atoms with Crippen LogP contribution in [0.1, 0.15) is 45.4 Å². The number of piperidine rings is 1. The number of carbonyl (C=O) groups excluding carboxylic acids is 2. The van der Waals surface area contributed by atoms with Crippen LogP contribution >= 0.6 is 0 Å². The summed E-state index contributed by atoms with van der Waals surface area (Å²) in [5.41, 5.74) is 0. The number of hydrogen-bond acceptors (Lipinski definition) is 4. The van der Waals surface area contributed by atoms with Crippen LogP contribution in [-0.4, -0.2) is 48.1 Å². The maximum Gasteiger partial charge on any atom is 0.315 e. The van der Waals surface area contributed by atoms with Gasteiger partial charge in [-0.05, 0) is 50.7 Å². The third-order valence-corrected chi connectivity index (χ3v) is 5.27. The highest BCUT2D eigenvalue weighted by atomic mass is 16.2. The SMILES string of the molecule is CC(=O)N[C@H]1CC[C@H](NC(=O)NC2CCN(c3ccccn3)CC2)CC1. The Morgan fingerprint density at radius 1 is 0.923 bits per heavy atom. The number of nitrogens with zero attached hydrogens (tertiary/aromatic N) is 2. The standard InChI is InChI=1S/C19H29N5O2/c1-14(25)21-15-5-7-16(8-6-15)22-19(26)23-17-9-12-24(13-10-17)18-4-2-3-11-20-18/h2-4,11,15-17H,5-10,12-13H2,1H3,(H,21,25)(H2,22,23,26)/t15-,16-. The van der Waals surface area contributed by atoms with E-state index in [1.54, 1.807) is 6.92 Å². The van der Waals surface area contributed by atoms with Gasteiger partial charge in [0.25, 0.3) is 0 Å². The van der Waals surface area contributed by atoms with E-state index >= 15 is 0 Å². The Bertz CT molecular complexity index is 593. The molecule has 7 heteroatoms. The van der Waals surface area contributed by atoms with Gasteiger partial charge in [0, 0.05) is 44.3 Å². The van der Waals surface area contributed by atoms with E-state index < -0.39 is 0 Å². The van der Waals surface area contributed by atoms with E-state index in [2.05, 4.69) is 25.8 Å². The molecule has 1 aliphatic heterocycles. The summed E-state index contributed by atoms with van der Waals surface area (Å²) in [4.78, 5) is 30.0. The quantitative estimate of drug-likeness (QED) is 0.765. The van der Waals surface area contributed by atoms with E-state index in [-0.39, 0.29) is 30.1 Å². The molecular weight excluding hydrogens is 330 g/mol. The molecule has 1 aromatic heterocycles. The predicted octanol–water partition coefficient (Wildman–Crippen LogP) is 1.80. The van der Waals surface area contributed by atoms with Crippen molar-refractivity contribution in [2.24, 2.45) is 0 Å². The molecule has 142 valence electrons. The number of aromatic nitrogens is 1. The zero-order chi connectivity index (χ0) is 18.4. The fourth-order valence-electron chi connectivity index (χ4n) is 3.88. The fraction of sp³-hybridized carbons (Fsp3) is 0.632. The molecule has 26 heavy (non-hydrogen) atoms. The molecule has 3 N–H and O–H groups in total. The van der Waals surface area contributed by atoms with Gasteiger partial charge in [0.15, 0.2) is 0 Å². The van der Waals surface area contributed by atoms with E-state index in [4.69, 9.17) is 0 Å². The second kappa shape index (κ2) is 8.87. The van der Waals surface area contributed by atoms with Crippen LogP contribution in [0, 0.1) is 0 Å². The maximum absolute atomic E-state index is 12.3. The van der Waals surface area contributed by atoms with Crippen molar-refractivity contribution in [2.45, 2.75) is 63.6 Å². The number of carbonyl (C=O) groups is 2. The minimum Gasteiger partial charge on any atom is -0.356 e. The molecule has 2 heterocycles. The third-order valence-electron chi connectivity index (χ3n) is 5.27. The van der Waals surface area contributed by atoms with Crippen LogP contribution in [0.3, 0.4) is 0 Å². The molecule has 1 saturated carbocycles. The van der Waals surface area contributed by atoms with Gasteiger partial charge in [0.1, 0.15) is 5.82 Å². The summed E-state index contributed by atoms with van der Waals surface area (Å²) in [5, 5.41) is 9.17.